The van der Waals surface area contributed by atoms with E-state index in [-0.39, 0.29) is 17.9 Å². The second-order valence-corrected chi connectivity index (χ2v) is 6.98. The summed E-state index contributed by atoms with van der Waals surface area (Å²) >= 11 is 0. The van der Waals surface area contributed by atoms with Gasteiger partial charge in [0.25, 0.3) is 0 Å². The van der Waals surface area contributed by atoms with E-state index >= 15 is 0 Å². The molecule has 5 nitrogen and oxygen atoms in total. The molecule has 0 aromatic heterocycles. The summed E-state index contributed by atoms with van der Waals surface area (Å²) in [6.45, 7) is 2.67. The third-order valence-electron chi connectivity index (χ3n) is 4.93. The first-order valence-electron chi connectivity index (χ1n) is 9.74. The molecule has 1 heterocycles. The van der Waals surface area contributed by atoms with Gasteiger partial charge in [0.1, 0.15) is 12.3 Å². The molecule has 1 saturated heterocycles. The van der Waals surface area contributed by atoms with E-state index in [2.05, 4.69) is 24.4 Å². The van der Waals surface area contributed by atoms with Crippen molar-refractivity contribution in [2.24, 2.45) is 0 Å². The standard InChI is InChI=1S/C21H30N2O3/c1-2-3-13-19(21(26)23-15-8-12-18(23)16-24)22-20(25)14-7-11-17-9-5-4-6-10-17/h4-6,9-10,16,18-19H,2-3,7-8,11-15H2,1H3,(H,22,25)/t18-,19-/m0/s1. The van der Waals surface area contributed by atoms with Gasteiger partial charge in [-0.3, -0.25) is 9.59 Å². The van der Waals surface area contributed by atoms with Gasteiger partial charge in [-0.25, -0.2) is 0 Å². The number of unbranched alkanes of at least 4 members (excludes halogenated alkanes) is 1. The normalized spacial score (nSPS) is 17.7. The first-order chi connectivity index (χ1) is 12.7. The highest BCUT2D eigenvalue weighted by Crippen LogP contribution is 2.18. The molecule has 0 spiro atoms. The van der Waals surface area contributed by atoms with E-state index in [1.54, 1.807) is 4.90 Å². The fourth-order valence-electron chi connectivity index (χ4n) is 3.44. The van der Waals surface area contributed by atoms with Crippen LogP contribution in [0.4, 0.5) is 0 Å². The minimum absolute atomic E-state index is 0.0859. The lowest BCUT2D eigenvalue weighted by Crippen LogP contribution is -2.50. The zero-order chi connectivity index (χ0) is 18.8. The van der Waals surface area contributed by atoms with Crippen LogP contribution in [0.3, 0.4) is 0 Å². The van der Waals surface area contributed by atoms with Crippen LogP contribution in [0.1, 0.15) is 57.4 Å². The van der Waals surface area contributed by atoms with Crippen molar-refractivity contribution in [1.82, 2.24) is 10.2 Å². The first kappa shape index (κ1) is 20.1. The molecule has 2 rings (SSSR count). The fraction of sp³-hybridized carbons (Fsp3) is 0.571. The van der Waals surface area contributed by atoms with E-state index in [1.807, 2.05) is 18.2 Å². The van der Waals surface area contributed by atoms with Gasteiger partial charge in [-0.15, -0.1) is 0 Å². The average Bonchev–Trinajstić information content (AvgIpc) is 3.14. The van der Waals surface area contributed by atoms with Crippen molar-refractivity contribution in [1.29, 1.82) is 0 Å². The van der Waals surface area contributed by atoms with Crippen molar-refractivity contribution in [2.75, 3.05) is 6.54 Å². The summed E-state index contributed by atoms with van der Waals surface area (Å²) in [5.41, 5.74) is 1.21. The van der Waals surface area contributed by atoms with Crippen LogP contribution in [-0.2, 0) is 20.8 Å². The van der Waals surface area contributed by atoms with Crippen LogP contribution in [-0.4, -0.2) is 41.6 Å². The Morgan fingerprint density at radius 3 is 2.73 bits per heavy atom. The molecule has 0 aliphatic carbocycles. The van der Waals surface area contributed by atoms with Gasteiger partial charge in [0.15, 0.2) is 0 Å². The van der Waals surface area contributed by atoms with Crippen molar-refractivity contribution in [3.05, 3.63) is 35.9 Å². The molecule has 2 atom stereocenters. The number of rotatable bonds is 10. The molecule has 0 saturated carbocycles. The summed E-state index contributed by atoms with van der Waals surface area (Å²) in [6.07, 6.45) is 6.89. The van der Waals surface area contributed by atoms with E-state index in [4.69, 9.17) is 0 Å². The van der Waals surface area contributed by atoms with E-state index in [1.165, 1.54) is 5.56 Å². The van der Waals surface area contributed by atoms with Crippen LogP contribution < -0.4 is 5.32 Å². The van der Waals surface area contributed by atoms with Gasteiger partial charge in [0.05, 0.1) is 6.04 Å². The van der Waals surface area contributed by atoms with Crippen LogP contribution in [0.2, 0.25) is 0 Å². The van der Waals surface area contributed by atoms with Crippen molar-refractivity contribution in [2.45, 2.75) is 70.4 Å². The maximum absolute atomic E-state index is 12.8. The molecule has 1 aromatic carbocycles. The summed E-state index contributed by atoms with van der Waals surface area (Å²) < 4.78 is 0. The van der Waals surface area contributed by atoms with Gasteiger partial charge in [-0.1, -0.05) is 50.1 Å². The van der Waals surface area contributed by atoms with Gasteiger partial charge in [0.2, 0.25) is 11.8 Å². The lowest BCUT2D eigenvalue weighted by molar-refractivity contribution is -0.138. The molecule has 1 aliphatic rings. The summed E-state index contributed by atoms with van der Waals surface area (Å²) in [4.78, 5) is 37.9. The summed E-state index contributed by atoms with van der Waals surface area (Å²) in [6, 6.07) is 9.23. The number of carbonyl (C=O) groups is 3. The van der Waals surface area contributed by atoms with Crippen LogP contribution in [0.25, 0.3) is 0 Å². The van der Waals surface area contributed by atoms with Crippen molar-refractivity contribution in [3.63, 3.8) is 0 Å². The lowest BCUT2D eigenvalue weighted by atomic mass is 10.1. The molecule has 0 radical (unpaired) electrons. The molecular formula is C21H30N2O3. The van der Waals surface area contributed by atoms with E-state index in [0.29, 0.717) is 19.4 Å². The Hall–Kier alpha value is -2.17. The minimum Gasteiger partial charge on any atom is -0.344 e. The first-order valence-corrected chi connectivity index (χ1v) is 9.74. The molecule has 1 fully saturated rings. The Morgan fingerprint density at radius 2 is 2.04 bits per heavy atom. The Balaban J connectivity index is 1.86. The monoisotopic (exact) mass is 358 g/mol. The molecule has 0 unspecified atom stereocenters. The maximum atomic E-state index is 12.8. The summed E-state index contributed by atoms with van der Waals surface area (Å²) in [7, 11) is 0. The number of nitrogens with zero attached hydrogens (tertiary/aromatic N) is 1. The Labute approximate surface area is 156 Å². The Bertz CT molecular complexity index is 588. The number of hydrogen-bond acceptors (Lipinski definition) is 3. The van der Waals surface area contributed by atoms with Crippen LogP contribution in [0.15, 0.2) is 30.3 Å². The van der Waals surface area contributed by atoms with Gasteiger partial charge in [-0.05, 0) is 37.7 Å². The highest BCUT2D eigenvalue weighted by molar-refractivity contribution is 5.89. The zero-order valence-corrected chi connectivity index (χ0v) is 15.7. The second kappa shape index (κ2) is 10.7. The predicted molar refractivity (Wildman–Crippen MR) is 102 cm³/mol. The number of amides is 2. The number of aryl methyl sites for hydroxylation is 1. The van der Waals surface area contributed by atoms with Gasteiger partial charge < -0.3 is 15.0 Å². The number of likely N-dealkylation sites (tertiary alicyclic amines) is 1. The molecule has 142 valence electrons. The average molecular weight is 358 g/mol. The number of benzene rings is 1. The Morgan fingerprint density at radius 1 is 1.27 bits per heavy atom. The van der Waals surface area contributed by atoms with Gasteiger partial charge in [-0.2, -0.15) is 0 Å². The van der Waals surface area contributed by atoms with Crippen molar-refractivity contribution in [3.8, 4) is 0 Å². The second-order valence-electron chi connectivity index (χ2n) is 6.98. The van der Waals surface area contributed by atoms with Crippen LogP contribution in [0, 0.1) is 0 Å². The molecule has 2 amide bonds. The smallest absolute Gasteiger partial charge is 0.245 e. The van der Waals surface area contributed by atoms with Crippen LogP contribution >= 0.6 is 0 Å². The molecule has 5 heteroatoms. The Kier molecular flexibility index (Phi) is 8.32. The van der Waals surface area contributed by atoms with E-state index < -0.39 is 6.04 Å². The predicted octanol–water partition coefficient (Wildman–Crippen LogP) is 2.87. The summed E-state index contributed by atoms with van der Waals surface area (Å²) in [5, 5.41) is 2.91. The molecule has 1 aliphatic heterocycles. The SMILES string of the molecule is CCCC[C@H](NC(=O)CCCc1ccccc1)C(=O)N1CCC[C@H]1C=O. The van der Waals surface area contributed by atoms with Gasteiger partial charge >= 0.3 is 0 Å². The number of aldehydes is 1. The molecular weight excluding hydrogens is 328 g/mol. The fourth-order valence-corrected chi connectivity index (χ4v) is 3.44. The maximum Gasteiger partial charge on any atom is 0.245 e. The zero-order valence-electron chi connectivity index (χ0n) is 15.7. The minimum atomic E-state index is -0.514. The number of carbonyl (C=O) groups excluding carboxylic acids is 3. The highest BCUT2D eigenvalue weighted by Gasteiger charge is 2.33. The van der Waals surface area contributed by atoms with Crippen LogP contribution in [0.5, 0.6) is 0 Å². The third kappa shape index (κ3) is 5.97. The molecule has 26 heavy (non-hydrogen) atoms. The highest BCUT2D eigenvalue weighted by atomic mass is 16.2. The number of nitrogens with one attached hydrogen (secondary N) is 1. The van der Waals surface area contributed by atoms with E-state index in [9.17, 15) is 14.4 Å². The van der Waals surface area contributed by atoms with Crippen molar-refractivity contribution >= 4 is 18.1 Å². The molecule has 1 aromatic rings. The largest absolute Gasteiger partial charge is 0.344 e. The quantitative estimate of drug-likeness (QED) is 0.654. The third-order valence-corrected chi connectivity index (χ3v) is 4.93. The lowest BCUT2D eigenvalue weighted by Gasteiger charge is -2.27. The molecule has 0 bridgehead atoms. The number of hydrogen-bond donors (Lipinski definition) is 1. The van der Waals surface area contributed by atoms with Gasteiger partial charge in [0, 0.05) is 13.0 Å². The van der Waals surface area contributed by atoms with E-state index in [0.717, 1.165) is 44.8 Å². The summed E-state index contributed by atoms with van der Waals surface area (Å²) in [5.74, 6) is -0.193. The van der Waals surface area contributed by atoms with Crippen molar-refractivity contribution < 1.29 is 14.4 Å². The topological polar surface area (TPSA) is 66.5 Å². The molecule has 1 N–H and O–H groups in total.